The van der Waals surface area contributed by atoms with Gasteiger partial charge in [0.25, 0.3) is 0 Å². The largest absolute Gasteiger partial charge is 0.281 e. The van der Waals surface area contributed by atoms with Crippen LogP contribution >= 0.6 is 11.6 Å². The topological polar surface area (TPSA) is 17.1 Å². The molecule has 0 aliphatic carbocycles. The Morgan fingerprint density at radius 3 is 2.31 bits per heavy atom. The first-order valence-corrected chi connectivity index (χ1v) is 4.64. The summed E-state index contributed by atoms with van der Waals surface area (Å²) in [6.07, 6.45) is 0.691. The van der Waals surface area contributed by atoms with Crippen LogP contribution in [0.2, 0.25) is 0 Å². The molecular formula is C11H13ClO. The van der Waals surface area contributed by atoms with E-state index in [9.17, 15) is 4.79 Å². The minimum atomic E-state index is -0.469. The molecule has 1 rings (SSSR count). The van der Waals surface area contributed by atoms with Crippen LogP contribution in [0.1, 0.15) is 19.4 Å². The van der Waals surface area contributed by atoms with E-state index in [2.05, 4.69) is 0 Å². The van der Waals surface area contributed by atoms with Crippen LogP contribution < -0.4 is 0 Å². The van der Waals surface area contributed by atoms with Gasteiger partial charge in [0.15, 0.2) is 0 Å². The fraction of sp³-hybridized carbons (Fsp3) is 0.364. The van der Waals surface area contributed by atoms with Crippen molar-refractivity contribution < 1.29 is 4.79 Å². The maximum atomic E-state index is 11.0. The van der Waals surface area contributed by atoms with Crippen LogP contribution in [0.25, 0.3) is 0 Å². The van der Waals surface area contributed by atoms with Gasteiger partial charge in [0, 0.05) is 5.41 Å². The van der Waals surface area contributed by atoms with Crippen molar-refractivity contribution in [3.05, 3.63) is 35.9 Å². The summed E-state index contributed by atoms with van der Waals surface area (Å²) in [4.78, 5) is 11.0. The SMILES string of the molecule is CC(C)(Cc1ccccc1)C(=O)Cl. The van der Waals surface area contributed by atoms with Crippen molar-refractivity contribution in [2.45, 2.75) is 20.3 Å². The summed E-state index contributed by atoms with van der Waals surface area (Å²) in [6.45, 7) is 3.71. The molecule has 1 aromatic carbocycles. The third-order valence-electron chi connectivity index (χ3n) is 2.02. The summed E-state index contributed by atoms with van der Waals surface area (Å²) in [5.41, 5.74) is 0.671. The third-order valence-corrected chi connectivity index (χ3v) is 2.53. The molecule has 0 amide bonds. The lowest BCUT2D eigenvalue weighted by molar-refractivity contribution is -0.118. The first-order valence-electron chi connectivity index (χ1n) is 4.26. The normalized spacial score (nSPS) is 11.3. The zero-order valence-electron chi connectivity index (χ0n) is 7.88. The van der Waals surface area contributed by atoms with Gasteiger partial charge in [-0.2, -0.15) is 0 Å². The van der Waals surface area contributed by atoms with Gasteiger partial charge in [-0.15, -0.1) is 0 Å². The van der Waals surface area contributed by atoms with E-state index in [1.165, 1.54) is 0 Å². The fourth-order valence-corrected chi connectivity index (χ4v) is 1.24. The van der Waals surface area contributed by atoms with E-state index in [0.29, 0.717) is 6.42 Å². The molecular weight excluding hydrogens is 184 g/mol. The monoisotopic (exact) mass is 196 g/mol. The van der Waals surface area contributed by atoms with Crippen LogP contribution in [0.15, 0.2) is 30.3 Å². The second-order valence-corrected chi connectivity index (χ2v) is 4.16. The second-order valence-electron chi connectivity index (χ2n) is 3.82. The Labute approximate surface area is 83.7 Å². The predicted octanol–water partition coefficient (Wildman–Crippen LogP) is 3.02. The first-order chi connectivity index (χ1) is 6.02. The highest BCUT2D eigenvalue weighted by Crippen LogP contribution is 2.24. The molecule has 0 unspecified atom stereocenters. The van der Waals surface area contributed by atoms with Crippen LogP contribution in [0.3, 0.4) is 0 Å². The van der Waals surface area contributed by atoms with Crippen LogP contribution in [0.5, 0.6) is 0 Å². The van der Waals surface area contributed by atoms with Crippen molar-refractivity contribution in [3.63, 3.8) is 0 Å². The number of hydrogen-bond acceptors (Lipinski definition) is 1. The van der Waals surface area contributed by atoms with Crippen molar-refractivity contribution in [2.24, 2.45) is 5.41 Å². The van der Waals surface area contributed by atoms with Gasteiger partial charge >= 0.3 is 0 Å². The molecule has 0 aliphatic rings. The lowest BCUT2D eigenvalue weighted by Gasteiger charge is -2.19. The third kappa shape index (κ3) is 2.85. The molecule has 0 fully saturated rings. The maximum Gasteiger partial charge on any atom is 0.227 e. The van der Waals surface area contributed by atoms with Gasteiger partial charge in [0.2, 0.25) is 5.24 Å². The second kappa shape index (κ2) is 3.93. The summed E-state index contributed by atoms with van der Waals surface area (Å²) in [5.74, 6) is 0. The average molecular weight is 197 g/mol. The van der Waals surface area contributed by atoms with E-state index in [4.69, 9.17) is 11.6 Å². The Bertz CT molecular complexity index is 290. The molecule has 0 bridgehead atoms. The molecule has 0 heterocycles. The predicted molar refractivity (Wildman–Crippen MR) is 54.8 cm³/mol. The molecule has 0 saturated heterocycles. The van der Waals surface area contributed by atoms with E-state index in [1.54, 1.807) is 0 Å². The van der Waals surface area contributed by atoms with Crippen molar-refractivity contribution >= 4 is 16.8 Å². The smallest absolute Gasteiger partial charge is 0.227 e. The molecule has 13 heavy (non-hydrogen) atoms. The lowest BCUT2D eigenvalue weighted by Crippen LogP contribution is -2.22. The quantitative estimate of drug-likeness (QED) is 0.680. The Balaban J connectivity index is 2.75. The first kappa shape index (κ1) is 10.3. The zero-order valence-corrected chi connectivity index (χ0v) is 8.64. The molecule has 1 nitrogen and oxygen atoms in total. The Morgan fingerprint density at radius 2 is 1.85 bits per heavy atom. The Hall–Kier alpha value is -0.820. The van der Waals surface area contributed by atoms with Crippen LogP contribution in [-0.4, -0.2) is 5.24 Å². The number of carbonyl (C=O) groups excluding carboxylic acids is 1. The molecule has 1 aromatic rings. The Kier molecular flexibility index (Phi) is 3.10. The summed E-state index contributed by atoms with van der Waals surface area (Å²) in [7, 11) is 0. The van der Waals surface area contributed by atoms with Crippen LogP contribution in [0, 0.1) is 5.41 Å². The summed E-state index contributed by atoms with van der Waals surface area (Å²) in [5, 5.41) is -0.281. The van der Waals surface area contributed by atoms with Gasteiger partial charge in [-0.3, -0.25) is 4.79 Å². The standard InChI is InChI=1S/C11H13ClO/c1-11(2,10(12)13)8-9-6-4-3-5-7-9/h3-7H,8H2,1-2H3. The highest BCUT2D eigenvalue weighted by molar-refractivity contribution is 6.64. The molecule has 0 N–H and O–H groups in total. The van der Waals surface area contributed by atoms with E-state index in [1.807, 2.05) is 44.2 Å². The van der Waals surface area contributed by atoms with Crippen LogP contribution in [-0.2, 0) is 11.2 Å². The van der Waals surface area contributed by atoms with Gasteiger partial charge < -0.3 is 0 Å². The molecule has 0 aromatic heterocycles. The number of benzene rings is 1. The molecule has 0 atom stereocenters. The van der Waals surface area contributed by atoms with Gasteiger partial charge in [-0.25, -0.2) is 0 Å². The van der Waals surface area contributed by atoms with E-state index >= 15 is 0 Å². The highest BCUT2D eigenvalue weighted by Gasteiger charge is 2.25. The van der Waals surface area contributed by atoms with Crippen molar-refractivity contribution in [1.82, 2.24) is 0 Å². The van der Waals surface area contributed by atoms with Gasteiger partial charge in [0.1, 0.15) is 0 Å². The van der Waals surface area contributed by atoms with Gasteiger partial charge in [-0.05, 0) is 23.6 Å². The zero-order chi connectivity index (χ0) is 9.90. The van der Waals surface area contributed by atoms with Gasteiger partial charge in [-0.1, -0.05) is 44.2 Å². The van der Waals surface area contributed by atoms with E-state index in [0.717, 1.165) is 5.56 Å². The molecule has 2 heteroatoms. The van der Waals surface area contributed by atoms with Crippen LogP contribution in [0.4, 0.5) is 0 Å². The summed E-state index contributed by atoms with van der Waals surface area (Å²) >= 11 is 5.48. The lowest BCUT2D eigenvalue weighted by atomic mass is 9.87. The fourth-order valence-electron chi connectivity index (χ4n) is 1.18. The van der Waals surface area contributed by atoms with Gasteiger partial charge in [0.05, 0.1) is 0 Å². The van der Waals surface area contributed by atoms with Crippen molar-refractivity contribution in [1.29, 1.82) is 0 Å². The van der Waals surface area contributed by atoms with E-state index in [-0.39, 0.29) is 5.24 Å². The Morgan fingerprint density at radius 1 is 1.31 bits per heavy atom. The minimum Gasteiger partial charge on any atom is -0.281 e. The molecule has 0 radical (unpaired) electrons. The number of halogens is 1. The molecule has 0 spiro atoms. The highest BCUT2D eigenvalue weighted by atomic mass is 35.5. The summed E-state index contributed by atoms with van der Waals surface area (Å²) < 4.78 is 0. The maximum absolute atomic E-state index is 11.0. The van der Waals surface area contributed by atoms with E-state index < -0.39 is 5.41 Å². The number of carbonyl (C=O) groups is 1. The minimum absolute atomic E-state index is 0.281. The van der Waals surface area contributed by atoms with Crippen molar-refractivity contribution in [2.75, 3.05) is 0 Å². The molecule has 0 aliphatic heterocycles. The average Bonchev–Trinajstić information content (AvgIpc) is 2.05. The van der Waals surface area contributed by atoms with Crippen molar-refractivity contribution in [3.8, 4) is 0 Å². The number of rotatable bonds is 3. The molecule has 0 saturated carbocycles. The molecule has 70 valence electrons. The summed E-state index contributed by atoms with van der Waals surface area (Å²) in [6, 6.07) is 9.89. The number of hydrogen-bond donors (Lipinski definition) is 0.